The normalized spacial score (nSPS) is 16.9. The number of fused-ring (bicyclic) bond motifs is 1. The van der Waals surface area contributed by atoms with Crippen molar-refractivity contribution in [1.82, 2.24) is 10.9 Å². The van der Waals surface area contributed by atoms with Crippen molar-refractivity contribution in [3.8, 4) is 0 Å². The molecule has 5 heteroatoms. The highest BCUT2D eigenvalue weighted by Gasteiger charge is 2.20. The molecule has 0 spiro atoms. The Labute approximate surface area is 136 Å². The number of hydrazine groups is 1. The first-order chi connectivity index (χ1) is 11.1. The summed E-state index contributed by atoms with van der Waals surface area (Å²) in [5.41, 5.74) is 8.33. The predicted octanol–water partition coefficient (Wildman–Crippen LogP) is 2.74. The number of amidine groups is 1. The molecule has 0 radical (unpaired) electrons. The van der Waals surface area contributed by atoms with Crippen LogP contribution in [0, 0.1) is 5.92 Å². The number of carbonyl (C=O) groups excluding carboxylic acids is 1. The van der Waals surface area contributed by atoms with Crippen molar-refractivity contribution in [2.45, 2.75) is 6.92 Å². The van der Waals surface area contributed by atoms with E-state index in [4.69, 9.17) is 0 Å². The summed E-state index contributed by atoms with van der Waals surface area (Å²) in [5.74, 6) is 0.751. The minimum absolute atomic E-state index is 0.170. The standard InChI is InChI=1S/C18H20N4O/c1-13-12-22(2)16-11-7-6-10-15(16)19-17(13)20-21-18(23)14-8-4-3-5-9-14/h3-11,13H,12H2,1-2H3,(H,19,20)(H,21,23)/t13-/m1/s1. The third-order valence-corrected chi connectivity index (χ3v) is 3.89. The Morgan fingerprint density at radius 1 is 1.13 bits per heavy atom. The Hall–Kier alpha value is -2.82. The minimum Gasteiger partial charge on any atom is -0.372 e. The van der Waals surface area contributed by atoms with Gasteiger partial charge in [0.25, 0.3) is 5.91 Å². The Kier molecular flexibility index (Phi) is 4.28. The average molecular weight is 308 g/mol. The maximum absolute atomic E-state index is 12.2. The monoisotopic (exact) mass is 308 g/mol. The van der Waals surface area contributed by atoms with Crippen molar-refractivity contribution in [1.29, 1.82) is 0 Å². The number of hydrogen-bond acceptors (Lipinski definition) is 4. The number of aliphatic imine (C=N–C) groups is 1. The Balaban J connectivity index is 1.77. The van der Waals surface area contributed by atoms with Gasteiger partial charge in [0.1, 0.15) is 5.84 Å². The number of nitrogens with one attached hydrogen (secondary N) is 2. The van der Waals surface area contributed by atoms with Crippen molar-refractivity contribution in [3.05, 3.63) is 60.2 Å². The number of para-hydroxylation sites is 2. The molecule has 2 N–H and O–H groups in total. The van der Waals surface area contributed by atoms with Gasteiger partial charge in [0.05, 0.1) is 11.4 Å². The van der Waals surface area contributed by atoms with Crippen molar-refractivity contribution < 1.29 is 4.79 Å². The number of amides is 1. The van der Waals surface area contributed by atoms with E-state index in [2.05, 4.69) is 40.8 Å². The first-order valence-electron chi connectivity index (χ1n) is 7.65. The molecule has 0 saturated heterocycles. The second-order valence-electron chi connectivity index (χ2n) is 5.71. The lowest BCUT2D eigenvalue weighted by Gasteiger charge is -2.21. The number of hydrogen-bond donors (Lipinski definition) is 2. The molecule has 0 fully saturated rings. The van der Waals surface area contributed by atoms with Crippen LogP contribution in [0.1, 0.15) is 17.3 Å². The van der Waals surface area contributed by atoms with Gasteiger partial charge in [0.2, 0.25) is 0 Å². The van der Waals surface area contributed by atoms with Crippen LogP contribution in [0.5, 0.6) is 0 Å². The van der Waals surface area contributed by atoms with E-state index >= 15 is 0 Å². The van der Waals surface area contributed by atoms with Crippen LogP contribution < -0.4 is 15.8 Å². The molecule has 23 heavy (non-hydrogen) atoms. The van der Waals surface area contributed by atoms with Gasteiger partial charge in [-0.1, -0.05) is 37.3 Å². The number of benzene rings is 2. The van der Waals surface area contributed by atoms with Crippen LogP contribution in [0.2, 0.25) is 0 Å². The van der Waals surface area contributed by atoms with Gasteiger partial charge in [-0.25, -0.2) is 4.99 Å². The van der Waals surface area contributed by atoms with Gasteiger partial charge in [0.15, 0.2) is 0 Å². The second-order valence-corrected chi connectivity index (χ2v) is 5.71. The van der Waals surface area contributed by atoms with Gasteiger partial charge in [-0.05, 0) is 24.3 Å². The van der Waals surface area contributed by atoms with E-state index in [9.17, 15) is 4.79 Å². The lowest BCUT2D eigenvalue weighted by molar-refractivity contribution is 0.0943. The fraction of sp³-hybridized carbons (Fsp3) is 0.222. The molecule has 1 atom stereocenters. The first-order valence-corrected chi connectivity index (χ1v) is 7.65. The SMILES string of the molecule is C[C@@H]1CN(C)c2ccccc2N=C1NNC(=O)c1ccccc1. The van der Waals surface area contributed by atoms with Crippen LogP contribution in [0.15, 0.2) is 59.6 Å². The summed E-state index contributed by atoms with van der Waals surface area (Å²) in [7, 11) is 2.05. The van der Waals surface area contributed by atoms with E-state index in [1.165, 1.54) is 0 Å². The first kappa shape index (κ1) is 15.1. The minimum atomic E-state index is -0.175. The molecule has 2 aromatic rings. The molecular weight excluding hydrogens is 288 g/mol. The van der Waals surface area contributed by atoms with Crippen molar-refractivity contribution in [3.63, 3.8) is 0 Å². The zero-order valence-corrected chi connectivity index (χ0v) is 13.3. The van der Waals surface area contributed by atoms with Crippen molar-refractivity contribution in [2.75, 3.05) is 18.5 Å². The molecule has 1 amide bonds. The molecule has 0 unspecified atom stereocenters. The fourth-order valence-electron chi connectivity index (χ4n) is 2.65. The van der Waals surface area contributed by atoms with E-state index in [0.717, 1.165) is 23.8 Å². The molecule has 0 aliphatic carbocycles. The highest BCUT2D eigenvalue weighted by atomic mass is 16.2. The average Bonchev–Trinajstić information content (AvgIpc) is 2.70. The van der Waals surface area contributed by atoms with E-state index < -0.39 is 0 Å². The zero-order chi connectivity index (χ0) is 16.2. The summed E-state index contributed by atoms with van der Waals surface area (Å²) in [6, 6.07) is 17.1. The van der Waals surface area contributed by atoms with E-state index in [0.29, 0.717) is 5.56 Å². The molecule has 0 aromatic heterocycles. The van der Waals surface area contributed by atoms with Crippen LogP contribution in [-0.2, 0) is 0 Å². The topological polar surface area (TPSA) is 56.7 Å². The lowest BCUT2D eigenvalue weighted by Crippen LogP contribution is -2.45. The highest BCUT2D eigenvalue weighted by molar-refractivity contribution is 5.97. The molecule has 1 aliphatic heterocycles. The maximum atomic E-state index is 12.2. The fourth-order valence-corrected chi connectivity index (χ4v) is 2.65. The van der Waals surface area contributed by atoms with Gasteiger partial charge in [-0.15, -0.1) is 0 Å². The Bertz CT molecular complexity index is 727. The summed E-state index contributed by atoms with van der Waals surface area (Å²) in [6.07, 6.45) is 0. The van der Waals surface area contributed by atoms with Gasteiger partial charge >= 0.3 is 0 Å². The number of nitrogens with zero attached hydrogens (tertiary/aromatic N) is 2. The van der Waals surface area contributed by atoms with E-state index in [-0.39, 0.29) is 11.8 Å². The van der Waals surface area contributed by atoms with Gasteiger partial charge in [0, 0.05) is 25.1 Å². The van der Waals surface area contributed by atoms with Crippen LogP contribution >= 0.6 is 0 Å². The summed E-state index contributed by atoms with van der Waals surface area (Å²) in [6.45, 7) is 2.91. The highest BCUT2D eigenvalue weighted by Crippen LogP contribution is 2.30. The van der Waals surface area contributed by atoms with Crippen LogP contribution in [0.25, 0.3) is 0 Å². The van der Waals surface area contributed by atoms with Crippen LogP contribution in [0.3, 0.4) is 0 Å². The quantitative estimate of drug-likeness (QED) is 0.797. The number of rotatable bonds is 1. The molecule has 5 nitrogen and oxygen atoms in total. The largest absolute Gasteiger partial charge is 0.372 e. The Morgan fingerprint density at radius 3 is 2.61 bits per heavy atom. The molecule has 0 bridgehead atoms. The Morgan fingerprint density at radius 2 is 1.83 bits per heavy atom. The van der Waals surface area contributed by atoms with Crippen LogP contribution in [0.4, 0.5) is 11.4 Å². The zero-order valence-electron chi connectivity index (χ0n) is 13.3. The van der Waals surface area contributed by atoms with Gasteiger partial charge in [-0.2, -0.15) is 0 Å². The predicted molar refractivity (Wildman–Crippen MR) is 93.0 cm³/mol. The smallest absolute Gasteiger partial charge is 0.269 e. The number of carbonyl (C=O) groups is 1. The van der Waals surface area contributed by atoms with Crippen LogP contribution in [-0.4, -0.2) is 25.3 Å². The van der Waals surface area contributed by atoms with Gasteiger partial charge in [-0.3, -0.25) is 15.6 Å². The lowest BCUT2D eigenvalue weighted by atomic mass is 10.1. The maximum Gasteiger partial charge on any atom is 0.269 e. The van der Waals surface area contributed by atoms with E-state index in [1.54, 1.807) is 12.1 Å². The summed E-state index contributed by atoms with van der Waals surface area (Å²) in [5, 5.41) is 0. The molecule has 2 aromatic carbocycles. The summed E-state index contributed by atoms with van der Waals surface area (Å²) >= 11 is 0. The van der Waals surface area contributed by atoms with Crippen molar-refractivity contribution >= 4 is 23.1 Å². The molecule has 1 aliphatic rings. The molecule has 3 rings (SSSR count). The third kappa shape index (κ3) is 3.34. The molecule has 0 saturated carbocycles. The van der Waals surface area contributed by atoms with Gasteiger partial charge < -0.3 is 4.90 Å². The van der Waals surface area contributed by atoms with Crippen molar-refractivity contribution in [2.24, 2.45) is 10.9 Å². The third-order valence-electron chi connectivity index (χ3n) is 3.89. The molecule has 1 heterocycles. The summed E-state index contributed by atoms with van der Waals surface area (Å²) in [4.78, 5) is 19.0. The second kappa shape index (κ2) is 6.52. The van der Waals surface area contributed by atoms with E-state index in [1.807, 2.05) is 36.4 Å². The molecular formula is C18H20N4O. The number of anilines is 1. The summed E-state index contributed by atoms with van der Waals surface area (Å²) < 4.78 is 0. The molecule has 118 valence electrons.